The van der Waals surface area contributed by atoms with Crippen molar-refractivity contribution in [3.8, 4) is 5.75 Å². The minimum absolute atomic E-state index is 0.123. The third kappa shape index (κ3) is 3.40. The van der Waals surface area contributed by atoms with E-state index in [0.29, 0.717) is 23.5 Å². The van der Waals surface area contributed by atoms with Gasteiger partial charge in [-0.1, -0.05) is 13.0 Å². The lowest BCUT2D eigenvalue weighted by atomic mass is 9.85. The van der Waals surface area contributed by atoms with Crippen LogP contribution in [0, 0.1) is 0 Å². The average molecular weight is 341 g/mol. The molecule has 0 aliphatic carbocycles. The second-order valence-corrected chi connectivity index (χ2v) is 5.83. The number of nitrogens with one attached hydrogen (secondary N) is 3. The standard InChI is InChI=1S/C18H19N3O4/c1-3-16(22)21-14-8-13-12(6-15(14)25-2)11(7-18(24)20-13)10-4-5-17(23)19-9-10/h4-6,8-9,11H,3,7H2,1-2H3,(H,19,23)(H,20,24)(H,21,22). The first-order valence-corrected chi connectivity index (χ1v) is 8.02. The van der Waals surface area contributed by atoms with Crippen LogP contribution < -0.4 is 20.9 Å². The van der Waals surface area contributed by atoms with Crippen molar-refractivity contribution in [1.29, 1.82) is 0 Å². The van der Waals surface area contributed by atoms with Gasteiger partial charge in [0.1, 0.15) is 5.75 Å². The summed E-state index contributed by atoms with van der Waals surface area (Å²) >= 11 is 0. The normalized spacial score (nSPS) is 15.9. The number of rotatable bonds is 4. The van der Waals surface area contributed by atoms with Crippen LogP contribution in [0.3, 0.4) is 0 Å². The summed E-state index contributed by atoms with van der Waals surface area (Å²) < 4.78 is 5.40. The highest BCUT2D eigenvalue weighted by Gasteiger charge is 2.28. The van der Waals surface area contributed by atoms with Crippen molar-refractivity contribution in [3.05, 3.63) is 51.9 Å². The van der Waals surface area contributed by atoms with Crippen LogP contribution in [0.15, 0.2) is 35.3 Å². The van der Waals surface area contributed by atoms with Gasteiger partial charge >= 0.3 is 0 Å². The smallest absolute Gasteiger partial charge is 0.247 e. The average Bonchev–Trinajstić information content (AvgIpc) is 2.61. The quantitative estimate of drug-likeness (QED) is 0.794. The number of amides is 2. The lowest BCUT2D eigenvalue weighted by Gasteiger charge is -2.27. The van der Waals surface area contributed by atoms with Crippen LogP contribution in [-0.2, 0) is 9.59 Å². The highest BCUT2D eigenvalue weighted by atomic mass is 16.5. The van der Waals surface area contributed by atoms with Crippen LogP contribution in [0.25, 0.3) is 0 Å². The molecule has 3 N–H and O–H groups in total. The molecule has 2 amide bonds. The van der Waals surface area contributed by atoms with Crippen molar-refractivity contribution in [2.45, 2.75) is 25.7 Å². The minimum Gasteiger partial charge on any atom is -0.495 e. The molecule has 3 rings (SSSR count). The number of carbonyl (C=O) groups is 2. The van der Waals surface area contributed by atoms with Gasteiger partial charge < -0.3 is 20.4 Å². The van der Waals surface area contributed by atoms with Gasteiger partial charge in [0, 0.05) is 36.7 Å². The maximum atomic E-state index is 12.1. The molecule has 1 aliphatic rings. The molecule has 1 aromatic heterocycles. The molecule has 0 fully saturated rings. The summed E-state index contributed by atoms with van der Waals surface area (Å²) in [6, 6.07) is 6.67. The first-order valence-electron chi connectivity index (χ1n) is 8.02. The van der Waals surface area contributed by atoms with E-state index in [1.807, 2.05) is 6.07 Å². The number of aromatic nitrogens is 1. The Morgan fingerprint density at radius 1 is 1.32 bits per heavy atom. The lowest BCUT2D eigenvalue weighted by Crippen LogP contribution is -2.24. The Kier molecular flexibility index (Phi) is 4.56. The fourth-order valence-electron chi connectivity index (χ4n) is 2.93. The molecule has 2 aromatic rings. The van der Waals surface area contributed by atoms with Crippen LogP contribution in [0.5, 0.6) is 5.75 Å². The van der Waals surface area contributed by atoms with Crippen molar-refractivity contribution in [2.75, 3.05) is 17.7 Å². The highest BCUT2D eigenvalue weighted by Crippen LogP contribution is 2.41. The van der Waals surface area contributed by atoms with Crippen molar-refractivity contribution >= 4 is 23.2 Å². The van der Waals surface area contributed by atoms with Crippen molar-refractivity contribution in [2.24, 2.45) is 0 Å². The molecule has 0 saturated carbocycles. The first kappa shape index (κ1) is 16.8. The second-order valence-electron chi connectivity index (χ2n) is 5.83. The monoisotopic (exact) mass is 341 g/mol. The Morgan fingerprint density at radius 2 is 2.12 bits per heavy atom. The van der Waals surface area contributed by atoms with Gasteiger partial charge in [-0.3, -0.25) is 14.4 Å². The third-order valence-electron chi connectivity index (χ3n) is 4.22. The Morgan fingerprint density at radius 3 is 2.76 bits per heavy atom. The number of H-pyrrole nitrogens is 1. The van der Waals surface area contributed by atoms with Gasteiger partial charge in [0.15, 0.2) is 0 Å². The SMILES string of the molecule is CCC(=O)Nc1cc2c(cc1OC)C(c1ccc(=O)[nH]c1)CC(=O)N2. The largest absolute Gasteiger partial charge is 0.495 e. The molecule has 1 atom stereocenters. The second kappa shape index (κ2) is 6.80. The molecule has 25 heavy (non-hydrogen) atoms. The molecular weight excluding hydrogens is 322 g/mol. The summed E-state index contributed by atoms with van der Waals surface area (Å²) in [5, 5.41) is 5.61. The van der Waals surface area contributed by atoms with E-state index in [-0.39, 0.29) is 29.7 Å². The maximum absolute atomic E-state index is 12.1. The third-order valence-corrected chi connectivity index (χ3v) is 4.22. The number of fused-ring (bicyclic) bond motifs is 1. The topological polar surface area (TPSA) is 100 Å². The molecule has 7 heteroatoms. The minimum atomic E-state index is -0.203. The van der Waals surface area contributed by atoms with Gasteiger partial charge in [0.25, 0.3) is 0 Å². The van der Waals surface area contributed by atoms with Gasteiger partial charge in [-0.05, 0) is 23.3 Å². The predicted octanol–water partition coefficient (Wildman–Crippen LogP) is 2.21. The zero-order valence-electron chi connectivity index (χ0n) is 14.0. The molecule has 1 aliphatic heterocycles. The summed E-state index contributed by atoms with van der Waals surface area (Å²) in [6.07, 6.45) is 2.23. The molecule has 130 valence electrons. The zero-order valence-corrected chi connectivity index (χ0v) is 14.0. The van der Waals surface area contributed by atoms with E-state index >= 15 is 0 Å². The van der Waals surface area contributed by atoms with E-state index < -0.39 is 0 Å². The Hall–Kier alpha value is -3.09. The van der Waals surface area contributed by atoms with Gasteiger partial charge in [-0.15, -0.1) is 0 Å². The van der Waals surface area contributed by atoms with E-state index in [9.17, 15) is 14.4 Å². The molecular formula is C18H19N3O4. The van der Waals surface area contributed by atoms with E-state index in [2.05, 4.69) is 15.6 Å². The Balaban J connectivity index is 2.07. The van der Waals surface area contributed by atoms with E-state index in [0.717, 1.165) is 11.1 Å². The van der Waals surface area contributed by atoms with E-state index in [1.165, 1.54) is 13.2 Å². The van der Waals surface area contributed by atoms with Crippen molar-refractivity contribution in [3.63, 3.8) is 0 Å². The van der Waals surface area contributed by atoms with Crippen LogP contribution in [0.2, 0.25) is 0 Å². The van der Waals surface area contributed by atoms with Crippen molar-refractivity contribution < 1.29 is 14.3 Å². The predicted molar refractivity (Wildman–Crippen MR) is 94.1 cm³/mol. The molecule has 0 radical (unpaired) electrons. The summed E-state index contributed by atoms with van der Waals surface area (Å²) in [5.41, 5.74) is 2.65. The number of hydrogen-bond acceptors (Lipinski definition) is 4. The number of methoxy groups -OCH3 is 1. The molecule has 2 heterocycles. The number of aromatic amines is 1. The summed E-state index contributed by atoms with van der Waals surface area (Å²) in [4.78, 5) is 37.8. The molecule has 1 unspecified atom stereocenters. The number of ether oxygens (including phenoxy) is 1. The Labute approximate surface area is 144 Å². The molecule has 1 aromatic carbocycles. The number of benzene rings is 1. The lowest BCUT2D eigenvalue weighted by molar-refractivity contribution is -0.117. The summed E-state index contributed by atoms with van der Waals surface area (Å²) in [7, 11) is 1.53. The fraction of sp³-hybridized carbons (Fsp3) is 0.278. The number of hydrogen-bond donors (Lipinski definition) is 3. The summed E-state index contributed by atoms with van der Waals surface area (Å²) in [5.74, 6) is 0.0516. The van der Waals surface area contributed by atoms with Gasteiger partial charge in [-0.2, -0.15) is 0 Å². The molecule has 7 nitrogen and oxygen atoms in total. The highest BCUT2D eigenvalue weighted by molar-refractivity contribution is 5.98. The van der Waals surface area contributed by atoms with E-state index in [4.69, 9.17) is 4.74 Å². The van der Waals surface area contributed by atoms with Gasteiger partial charge in [-0.25, -0.2) is 0 Å². The molecule has 0 saturated heterocycles. The number of pyridine rings is 1. The fourth-order valence-corrected chi connectivity index (χ4v) is 2.93. The van der Waals surface area contributed by atoms with Crippen LogP contribution >= 0.6 is 0 Å². The van der Waals surface area contributed by atoms with E-state index in [1.54, 1.807) is 25.3 Å². The molecule has 0 bridgehead atoms. The number of carbonyl (C=O) groups excluding carboxylic acids is 2. The maximum Gasteiger partial charge on any atom is 0.247 e. The zero-order chi connectivity index (χ0) is 18.0. The molecule has 0 spiro atoms. The van der Waals surface area contributed by atoms with Crippen LogP contribution in [-0.4, -0.2) is 23.9 Å². The van der Waals surface area contributed by atoms with Gasteiger partial charge in [0.05, 0.1) is 12.8 Å². The number of anilines is 2. The van der Waals surface area contributed by atoms with Crippen molar-refractivity contribution in [1.82, 2.24) is 4.98 Å². The van der Waals surface area contributed by atoms with Gasteiger partial charge in [0.2, 0.25) is 17.4 Å². The summed E-state index contributed by atoms with van der Waals surface area (Å²) in [6.45, 7) is 1.76. The van der Waals surface area contributed by atoms with Crippen LogP contribution in [0.1, 0.15) is 36.8 Å². The van der Waals surface area contributed by atoms with Crippen LogP contribution in [0.4, 0.5) is 11.4 Å². The first-order chi connectivity index (χ1) is 12.0. The Bertz CT molecular complexity index is 868.